The maximum absolute atomic E-state index is 10.7. The number of rotatable bonds is 21. The molecule has 9 heteroatoms. The van der Waals surface area contributed by atoms with E-state index in [1.165, 1.54) is 49.8 Å². The molecule has 0 radical (unpaired) electrons. The first kappa shape index (κ1) is 37.4. The van der Waals surface area contributed by atoms with Crippen LogP contribution in [0.2, 0.25) is 0 Å². The molecule has 9 nitrogen and oxygen atoms in total. The molecule has 272 valence electrons. The van der Waals surface area contributed by atoms with Crippen molar-refractivity contribution in [1.29, 1.82) is 0 Å². The zero-order valence-electron chi connectivity index (χ0n) is 29.9. The Morgan fingerprint density at radius 3 is 2.67 bits per heavy atom. The molecule has 0 saturated heterocycles. The van der Waals surface area contributed by atoms with Crippen LogP contribution in [0.15, 0.2) is 34.7 Å². The zero-order valence-corrected chi connectivity index (χ0v) is 29.9. The number of H-pyrrole nitrogens is 1. The van der Waals surface area contributed by atoms with Crippen molar-refractivity contribution in [2.45, 2.75) is 122 Å². The Hall–Kier alpha value is -2.82. The number of hydrogen-bond acceptors (Lipinski definition) is 8. The van der Waals surface area contributed by atoms with Gasteiger partial charge < -0.3 is 45.8 Å². The molecule has 2 aliphatic rings. The molecule has 0 aliphatic heterocycles. The van der Waals surface area contributed by atoms with Gasteiger partial charge in [-0.25, -0.2) is 0 Å². The average Bonchev–Trinajstić information content (AvgIpc) is 3.82. The van der Waals surface area contributed by atoms with E-state index in [0.717, 1.165) is 92.4 Å². The van der Waals surface area contributed by atoms with Crippen molar-refractivity contribution < 1.29 is 24.5 Å². The third-order valence-electron chi connectivity index (χ3n) is 10.8. The van der Waals surface area contributed by atoms with E-state index < -0.39 is 0 Å². The summed E-state index contributed by atoms with van der Waals surface area (Å²) in [6, 6.07) is 9.88. The van der Waals surface area contributed by atoms with Crippen molar-refractivity contribution in [2.75, 3.05) is 32.8 Å². The molecule has 2 heterocycles. The normalized spacial score (nSPS) is 20.1. The minimum Gasteiger partial charge on any atom is -0.504 e. The monoisotopic (exact) mass is 678 g/mol. The van der Waals surface area contributed by atoms with Gasteiger partial charge in [0.05, 0.1) is 18.8 Å². The largest absolute Gasteiger partial charge is 0.504 e. The molecule has 2 aromatic heterocycles. The van der Waals surface area contributed by atoms with Crippen LogP contribution in [0.4, 0.5) is 0 Å². The Balaban J connectivity index is 1.21. The summed E-state index contributed by atoms with van der Waals surface area (Å²) in [5.41, 5.74) is 11.4. The predicted octanol–water partition coefficient (Wildman–Crippen LogP) is 6.19. The first-order valence-electron chi connectivity index (χ1n) is 19.1. The molecule has 3 aromatic rings. The van der Waals surface area contributed by atoms with Gasteiger partial charge in [-0.1, -0.05) is 45.1 Å². The van der Waals surface area contributed by atoms with Crippen LogP contribution in [0.1, 0.15) is 123 Å². The number of phenolic OH excluding ortho intramolecular Hbond substituents is 1. The van der Waals surface area contributed by atoms with E-state index >= 15 is 0 Å². The molecule has 1 fully saturated rings. The maximum Gasteiger partial charge on any atom is 0.161 e. The molecule has 0 amide bonds. The Morgan fingerprint density at radius 1 is 1.04 bits per heavy atom. The van der Waals surface area contributed by atoms with Crippen LogP contribution in [0, 0.1) is 11.8 Å². The highest BCUT2D eigenvalue weighted by Gasteiger charge is 2.38. The quantitative estimate of drug-likeness (QED) is 0.0660. The van der Waals surface area contributed by atoms with Gasteiger partial charge in [0.25, 0.3) is 0 Å². The summed E-state index contributed by atoms with van der Waals surface area (Å²) in [5.74, 6) is 4.27. The Morgan fingerprint density at radius 2 is 1.88 bits per heavy atom. The average molecular weight is 679 g/mol. The molecular formula is C40H62N4O5. The molecule has 0 spiro atoms. The van der Waals surface area contributed by atoms with Gasteiger partial charge in [0.15, 0.2) is 11.5 Å². The van der Waals surface area contributed by atoms with Gasteiger partial charge >= 0.3 is 0 Å². The third-order valence-corrected chi connectivity index (χ3v) is 10.8. The fourth-order valence-corrected chi connectivity index (χ4v) is 8.22. The molecule has 0 unspecified atom stereocenters. The third kappa shape index (κ3) is 10.4. The second-order valence-corrected chi connectivity index (χ2v) is 14.5. The van der Waals surface area contributed by atoms with Gasteiger partial charge in [0.1, 0.15) is 18.1 Å². The summed E-state index contributed by atoms with van der Waals surface area (Å²) >= 11 is 0. The van der Waals surface area contributed by atoms with Gasteiger partial charge in [-0.15, -0.1) is 0 Å². The number of nitrogens with one attached hydrogen (secondary N) is 3. The minimum absolute atomic E-state index is 0.0123. The number of aromatic amines is 1. The number of aromatic hydroxyl groups is 1. The first-order valence-corrected chi connectivity index (χ1v) is 19.1. The number of furan rings is 1. The molecule has 1 aromatic carbocycles. The van der Waals surface area contributed by atoms with Crippen molar-refractivity contribution in [2.24, 2.45) is 17.6 Å². The van der Waals surface area contributed by atoms with Crippen molar-refractivity contribution in [3.05, 3.63) is 69.9 Å². The second-order valence-electron chi connectivity index (χ2n) is 14.5. The van der Waals surface area contributed by atoms with Crippen molar-refractivity contribution >= 4 is 0 Å². The zero-order chi connectivity index (χ0) is 34.6. The number of fused-ring (bicyclic) bond motifs is 2. The lowest BCUT2D eigenvalue weighted by molar-refractivity contribution is 0.188. The Bertz CT molecular complexity index is 1420. The van der Waals surface area contributed by atoms with Gasteiger partial charge in [-0.2, -0.15) is 0 Å². The van der Waals surface area contributed by atoms with Crippen LogP contribution >= 0.6 is 0 Å². The molecule has 0 bridgehead atoms. The SMILES string of the molecule is CCN[C@@H](COc1cc(CCc2cc(CO)c(CCCCCCCN)o2)ccc1O)c1cc2c([nH]1)CC[C@H]1CCC[C@@H]1[C@@H]2CNC[C@H](C)O. The van der Waals surface area contributed by atoms with Crippen molar-refractivity contribution in [3.8, 4) is 11.5 Å². The molecular weight excluding hydrogens is 616 g/mol. The van der Waals surface area contributed by atoms with E-state index in [9.17, 15) is 15.3 Å². The number of aryl methyl sites for hydroxylation is 4. The van der Waals surface area contributed by atoms with Crippen LogP contribution in [-0.2, 0) is 32.3 Å². The van der Waals surface area contributed by atoms with Crippen LogP contribution < -0.4 is 21.1 Å². The number of ether oxygens (including phenoxy) is 1. The molecule has 49 heavy (non-hydrogen) atoms. The molecule has 5 rings (SSSR count). The van der Waals surface area contributed by atoms with Crippen LogP contribution in [0.5, 0.6) is 11.5 Å². The second kappa shape index (κ2) is 19.0. The molecule has 5 atom stereocenters. The van der Waals surface area contributed by atoms with Gasteiger partial charge in [0.2, 0.25) is 0 Å². The number of likely N-dealkylation sites (N-methyl/N-ethyl adjacent to an activating group) is 1. The van der Waals surface area contributed by atoms with E-state index in [2.05, 4.69) is 28.6 Å². The van der Waals surface area contributed by atoms with Crippen molar-refractivity contribution in [1.82, 2.24) is 15.6 Å². The number of aliphatic hydroxyl groups excluding tert-OH is 2. The summed E-state index contributed by atoms with van der Waals surface area (Å²) in [4.78, 5) is 3.80. The highest BCUT2D eigenvalue weighted by Crippen LogP contribution is 2.47. The Kier molecular flexibility index (Phi) is 14.5. The van der Waals surface area contributed by atoms with Gasteiger partial charge in [-0.05, 0) is 106 Å². The van der Waals surface area contributed by atoms with Gasteiger partial charge in [-0.3, -0.25) is 0 Å². The van der Waals surface area contributed by atoms with Crippen LogP contribution in [0.25, 0.3) is 0 Å². The fourth-order valence-electron chi connectivity index (χ4n) is 8.22. The number of nitrogens with two attached hydrogens (primary N) is 1. The topological polar surface area (TPSA) is 149 Å². The number of phenols is 1. The smallest absolute Gasteiger partial charge is 0.161 e. The number of unbranched alkanes of at least 4 members (excludes halogenated alkanes) is 4. The standard InChI is InChI=1S/C40H62N4O5/c1-3-43-37(36-22-33-34(24-42-23-27(2)46)32-11-9-10-29(32)15-17-35(33)44-36)26-48-40-20-28(14-18-38(40)47)13-16-31-21-30(25-45)39(49-31)12-7-5-4-6-8-19-41/h14,18,20-22,27,29,32,34,37,42-47H,3-13,15-17,19,23-26,41H2,1-2H3/t27-,29+,32-,34-,37-/m0/s1. The van der Waals surface area contributed by atoms with Crippen LogP contribution in [-0.4, -0.2) is 59.2 Å². The lowest BCUT2D eigenvalue weighted by Gasteiger charge is -2.27. The molecule has 2 aliphatic carbocycles. The van der Waals surface area contributed by atoms with E-state index in [1.807, 2.05) is 25.1 Å². The minimum atomic E-state index is -0.356. The number of benzene rings is 1. The van der Waals surface area contributed by atoms with Crippen LogP contribution in [0.3, 0.4) is 0 Å². The molecule has 1 saturated carbocycles. The number of hydrogen-bond donors (Lipinski definition) is 7. The number of aliphatic hydroxyl groups is 2. The summed E-state index contributed by atoms with van der Waals surface area (Å²) in [6.07, 6.45) is 13.7. The van der Waals surface area contributed by atoms with E-state index in [4.69, 9.17) is 14.9 Å². The molecule has 8 N–H and O–H groups in total. The van der Waals surface area contributed by atoms with E-state index in [1.54, 1.807) is 6.07 Å². The maximum atomic E-state index is 10.7. The lowest BCUT2D eigenvalue weighted by atomic mass is 9.80. The predicted molar refractivity (Wildman–Crippen MR) is 195 cm³/mol. The number of aromatic nitrogens is 1. The highest BCUT2D eigenvalue weighted by molar-refractivity contribution is 5.42. The van der Waals surface area contributed by atoms with E-state index in [-0.39, 0.29) is 24.5 Å². The lowest BCUT2D eigenvalue weighted by Crippen LogP contribution is -2.32. The summed E-state index contributed by atoms with van der Waals surface area (Å²) in [6.45, 7) is 7.36. The van der Waals surface area contributed by atoms with E-state index in [0.29, 0.717) is 37.2 Å². The van der Waals surface area contributed by atoms with Gasteiger partial charge in [0, 0.05) is 48.8 Å². The summed E-state index contributed by atoms with van der Waals surface area (Å²) in [7, 11) is 0. The summed E-state index contributed by atoms with van der Waals surface area (Å²) in [5, 5.41) is 37.7. The summed E-state index contributed by atoms with van der Waals surface area (Å²) < 4.78 is 12.5. The fraction of sp³-hybridized carbons (Fsp3) is 0.650. The van der Waals surface area contributed by atoms with Crippen molar-refractivity contribution in [3.63, 3.8) is 0 Å². The Labute approximate surface area is 293 Å². The highest BCUT2D eigenvalue weighted by atomic mass is 16.5. The first-order chi connectivity index (χ1) is 23.9.